The second-order valence-corrected chi connectivity index (χ2v) is 15.5. The fourth-order valence-corrected chi connectivity index (χ4v) is 8.75. The number of halogens is 3. The van der Waals surface area contributed by atoms with Gasteiger partial charge >= 0.3 is 6.09 Å². The third kappa shape index (κ3) is 5.23. The van der Waals surface area contributed by atoms with Crippen LogP contribution in [0.4, 0.5) is 10.6 Å². The molecule has 1 aliphatic carbocycles. The second kappa shape index (κ2) is 11.0. The summed E-state index contributed by atoms with van der Waals surface area (Å²) in [6.45, 7) is 14.3. The van der Waals surface area contributed by atoms with Crippen molar-refractivity contribution in [3.63, 3.8) is 0 Å². The number of ether oxygens (including phenoxy) is 1. The van der Waals surface area contributed by atoms with Gasteiger partial charge < -0.3 is 19.9 Å². The predicted octanol–water partition coefficient (Wildman–Crippen LogP) is 7.07. The minimum absolute atomic E-state index is 0.143. The van der Waals surface area contributed by atoms with Gasteiger partial charge in [0, 0.05) is 66.4 Å². The number of carbonyl (C=O) groups is 1. The van der Waals surface area contributed by atoms with Gasteiger partial charge in [-0.1, -0.05) is 30.1 Å². The lowest BCUT2D eigenvalue weighted by molar-refractivity contribution is -0.0930. The van der Waals surface area contributed by atoms with E-state index in [9.17, 15) is 4.79 Å². The zero-order chi connectivity index (χ0) is 29.3. The van der Waals surface area contributed by atoms with Crippen molar-refractivity contribution in [3.05, 3.63) is 28.0 Å². The van der Waals surface area contributed by atoms with Crippen LogP contribution in [0, 0.1) is 12.3 Å². The number of nitrogens with zero attached hydrogens (tertiary/aromatic N) is 6. The molecule has 2 aliphatic heterocycles. The summed E-state index contributed by atoms with van der Waals surface area (Å²) < 4.78 is 9.78. The summed E-state index contributed by atoms with van der Waals surface area (Å²) in [7, 11) is 0. The van der Waals surface area contributed by atoms with E-state index >= 15 is 0 Å². The van der Waals surface area contributed by atoms with E-state index in [1.54, 1.807) is 0 Å². The maximum atomic E-state index is 12.5. The maximum absolute atomic E-state index is 12.5. The molecule has 1 saturated carbocycles. The van der Waals surface area contributed by atoms with E-state index in [-0.39, 0.29) is 17.6 Å². The van der Waals surface area contributed by atoms with E-state index in [2.05, 4.69) is 55.9 Å². The molecule has 0 radical (unpaired) electrons. The minimum atomic E-state index is -0.484. The lowest BCUT2D eigenvalue weighted by Gasteiger charge is -2.58. The number of hydrogen-bond donors (Lipinski definition) is 1. The molecule has 4 heterocycles. The zero-order valence-corrected chi connectivity index (χ0v) is 28.8. The van der Waals surface area contributed by atoms with Gasteiger partial charge in [0.15, 0.2) is 5.82 Å². The molecule has 13 heteroatoms. The van der Waals surface area contributed by atoms with Gasteiger partial charge in [0.25, 0.3) is 0 Å². The van der Waals surface area contributed by atoms with Gasteiger partial charge in [-0.25, -0.2) is 9.25 Å². The average Bonchev–Trinajstić information content (AvgIpc) is 3.42. The largest absolute Gasteiger partial charge is 0.444 e. The van der Waals surface area contributed by atoms with Crippen molar-refractivity contribution in [1.29, 1.82) is 0 Å². The number of hydrogen-bond acceptors (Lipinski definition) is 6. The van der Waals surface area contributed by atoms with Crippen molar-refractivity contribution in [2.75, 3.05) is 37.6 Å². The monoisotopic (exact) mass is 731 g/mol. The van der Waals surface area contributed by atoms with Crippen molar-refractivity contribution >= 4 is 74.4 Å². The number of likely N-dealkylation sites (tertiary alicyclic amines) is 1. The van der Waals surface area contributed by atoms with Crippen LogP contribution in [0.3, 0.4) is 0 Å². The van der Waals surface area contributed by atoms with Crippen molar-refractivity contribution in [2.24, 2.45) is 5.41 Å². The molecular weight excluding hydrogens is 695 g/mol. The quantitative estimate of drug-likeness (QED) is 0.224. The first-order valence-corrected chi connectivity index (χ1v) is 19.0. The molecule has 41 heavy (non-hydrogen) atoms. The first-order chi connectivity index (χ1) is 19.4. The highest BCUT2D eigenvalue weighted by atomic mass is 127. The van der Waals surface area contributed by atoms with Gasteiger partial charge in [-0.2, -0.15) is 10.2 Å². The Labute approximate surface area is 265 Å². The Hall–Kier alpha value is -1.33. The van der Waals surface area contributed by atoms with Gasteiger partial charge in [-0.05, 0) is 75.1 Å². The van der Waals surface area contributed by atoms with Crippen molar-refractivity contribution in [1.82, 2.24) is 29.5 Å². The summed E-state index contributed by atoms with van der Waals surface area (Å²) in [5.41, 5.74) is 3.69. The molecular formula is C28H37Cl2IN7O2P. The maximum Gasteiger partial charge on any atom is 0.410 e. The molecule has 2 unspecified atom stereocenters. The Morgan fingerprint density at radius 1 is 1.27 bits per heavy atom. The summed E-state index contributed by atoms with van der Waals surface area (Å²) in [4.78, 5) is 16.8. The molecule has 6 rings (SSSR count). The van der Waals surface area contributed by atoms with Crippen LogP contribution in [-0.4, -0.2) is 74.7 Å². The molecule has 9 nitrogen and oxygen atoms in total. The summed E-state index contributed by atoms with van der Waals surface area (Å²) in [5, 5.41) is 15.6. The van der Waals surface area contributed by atoms with Crippen LogP contribution in [0.5, 0.6) is 0 Å². The van der Waals surface area contributed by atoms with Crippen LogP contribution in [0.15, 0.2) is 12.3 Å². The molecule has 0 bridgehead atoms. The number of anilines is 1. The van der Waals surface area contributed by atoms with Gasteiger partial charge in [-0.15, -0.1) is 0 Å². The number of rotatable bonds is 5. The molecule has 1 amide bonds. The van der Waals surface area contributed by atoms with Gasteiger partial charge in [0.1, 0.15) is 5.60 Å². The van der Waals surface area contributed by atoms with E-state index in [4.69, 9.17) is 33.0 Å². The molecule has 3 fully saturated rings. The SMILES string of the molecule is CCC1CNCCN1c1nn(C2CC3(C2)CN(C(=O)OC(C)(C)C)C3)c(C)c1-c1c(Cl)c(Cl)cc2c1cnn2PI. The molecule has 2 saturated heterocycles. The summed E-state index contributed by atoms with van der Waals surface area (Å²) in [6, 6.07) is 2.51. The third-order valence-corrected chi connectivity index (χ3v) is 11.4. The fraction of sp³-hybridized carbons (Fsp3) is 0.607. The molecule has 2 atom stereocenters. The van der Waals surface area contributed by atoms with E-state index < -0.39 is 5.60 Å². The third-order valence-electron chi connectivity index (χ3n) is 8.71. The van der Waals surface area contributed by atoms with E-state index in [0.29, 0.717) is 22.5 Å². The summed E-state index contributed by atoms with van der Waals surface area (Å²) in [5.74, 6) is 0.968. The molecule has 2 aromatic heterocycles. The Kier molecular flexibility index (Phi) is 7.97. The van der Waals surface area contributed by atoms with Crippen molar-refractivity contribution in [2.45, 2.75) is 71.6 Å². The molecule has 3 aromatic rings. The highest BCUT2D eigenvalue weighted by molar-refractivity contribution is 14.2. The van der Waals surface area contributed by atoms with Gasteiger partial charge in [0.2, 0.25) is 0 Å². The Balaban J connectivity index is 1.37. The summed E-state index contributed by atoms with van der Waals surface area (Å²) in [6.07, 6.45) is 5.12. The van der Waals surface area contributed by atoms with E-state index in [0.717, 1.165) is 85.5 Å². The highest BCUT2D eigenvalue weighted by Crippen LogP contribution is 2.56. The van der Waals surface area contributed by atoms with Crippen LogP contribution < -0.4 is 10.2 Å². The second-order valence-electron chi connectivity index (χ2n) is 12.7. The minimum Gasteiger partial charge on any atom is -0.444 e. The number of aromatic nitrogens is 4. The first-order valence-electron chi connectivity index (χ1n) is 14.2. The van der Waals surface area contributed by atoms with Gasteiger partial charge in [0.05, 0.1) is 34.2 Å². The predicted molar refractivity (Wildman–Crippen MR) is 176 cm³/mol. The number of piperazine rings is 1. The van der Waals surface area contributed by atoms with Crippen molar-refractivity contribution < 1.29 is 9.53 Å². The number of fused-ring (bicyclic) bond motifs is 1. The van der Waals surface area contributed by atoms with Crippen LogP contribution in [0.1, 0.15) is 58.7 Å². The number of benzene rings is 1. The number of carbonyl (C=O) groups excluding carboxylic acids is 1. The zero-order valence-electron chi connectivity index (χ0n) is 24.1. The number of nitrogens with one attached hydrogen (secondary N) is 1. The first kappa shape index (κ1) is 29.7. The van der Waals surface area contributed by atoms with Crippen LogP contribution >= 0.6 is 51.6 Å². The average molecular weight is 732 g/mol. The lowest BCUT2D eigenvalue weighted by atomic mass is 9.61. The van der Waals surface area contributed by atoms with Crippen LogP contribution in [0.2, 0.25) is 10.0 Å². The normalized spacial score (nSPS) is 21.2. The Morgan fingerprint density at radius 2 is 2.00 bits per heavy atom. The van der Waals surface area contributed by atoms with Crippen LogP contribution in [0.25, 0.3) is 22.0 Å². The molecule has 1 spiro atoms. The van der Waals surface area contributed by atoms with Crippen molar-refractivity contribution in [3.8, 4) is 11.1 Å². The molecule has 1 N–H and O–H groups in total. The Bertz CT molecular complexity index is 1490. The number of amides is 1. The fourth-order valence-electron chi connectivity index (χ4n) is 6.77. The van der Waals surface area contributed by atoms with Crippen LogP contribution in [-0.2, 0) is 4.74 Å². The topological polar surface area (TPSA) is 80.5 Å². The van der Waals surface area contributed by atoms with Gasteiger partial charge in [-0.3, -0.25) is 4.68 Å². The Morgan fingerprint density at radius 3 is 2.66 bits per heavy atom. The molecule has 3 aliphatic rings. The summed E-state index contributed by atoms with van der Waals surface area (Å²) >= 11 is 16.1. The highest BCUT2D eigenvalue weighted by Gasteiger charge is 2.55. The molecule has 222 valence electrons. The standard InChI is InChI=1S/C28H37Cl2IN7O2P/c1-6-17-12-32-7-8-36(17)25-22(23-19-13-33-38(41-31)21(19)9-20(29)24(23)30)16(2)37(34-25)18-10-28(11-18)14-35(15-28)26(39)40-27(3,4)5/h9,13,17-18,32,41H,6-8,10-12,14-15H2,1-5H3. The van der Waals surface area contributed by atoms with E-state index in [1.165, 1.54) is 0 Å². The smallest absolute Gasteiger partial charge is 0.410 e. The molecule has 1 aromatic carbocycles. The van der Waals surface area contributed by atoms with E-state index in [1.807, 2.05) is 42.4 Å². The lowest BCUT2D eigenvalue weighted by Crippen LogP contribution is -2.64.